The second-order valence-electron chi connectivity index (χ2n) is 4.26. The highest BCUT2D eigenvalue weighted by Crippen LogP contribution is 2.24. The average molecular weight is 385 g/mol. The second kappa shape index (κ2) is 4.72. The highest BCUT2D eigenvalue weighted by molar-refractivity contribution is 14.1. The number of benzene rings is 1. The maximum absolute atomic E-state index is 6.12. The smallest absolute Gasteiger partial charge is 0.199 e. The van der Waals surface area contributed by atoms with Gasteiger partial charge in [0.2, 0.25) is 0 Å². The summed E-state index contributed by atoms with van der Waals surface area (Å²) in [6.45, 7) is 3.92. The molecular weight excluding hydrogens is 375 g/mol. The molecule has 0 amide bonds. The third kappa shape index (κ3) is 2.10. The van der Waals surface area contributed by atoms with E-state index in [4.69, 9.17) is 11.6 Å². The van der Waals surface area contributed by atoms with Crippen LogP contribution in [-0.4, -0.2) is 19.6 Å². The topological polar surface area (TPSA) is 43.1 Å². The van der Waals surface area contributed by atoms with E-state index in [2.05, 4.69) is 37.8 Å². The fraction of sp³-hybridized carbons (Fsp3) is 0.154. The fourth-order valence-electron chi connectivity index (χ4n) is 1.96. The van der Waals surface area contributed by atoms with E-state index in [0.717, 1.165) is 22.8 Å². The first kappa shape index (κ1) is 12.8. The molecule has 0 N–H and O–H groups in total. The lowest BCUT2D eigenvalue weighted by molar-refractivity contribution is 1.000. The predicted octanol–water partition coefficient (Wildman–Crippen LogP) is 3.67. The molecule has 19 heavy (non-hydrogen) atoms. The van der Waals surface area contributed by atoms with Crippen molar-refractivity contribution in [1.82, 2.24) is 19.6 Å². The Morgan fingerprint density at radius 3 is 2.47 bits per heavy atom. The first-order valence-electron chi connectivity index (χ1n) is 5.71. The number of aryl methyl sites for hydroxylation is 2. The number of rotatable bonds is 1. The van der Waals surface area contributed by atoms with Gasteiger partial charge in [0.1, 0.15) is 0 Å². The maximum atomic E-state index is 6.12. The standard InChI is InChI=1S/C13H10ClIN4/c1-7-8(2)19-12(9-3-5-10(15)6-4-9)17-18-13(19)11(14)16-7/h3-6H,1-2H3. The second-order valence-corrected chi connectivity index (χ2v) is 5.87. The molecule has 3 aromatic rings. The Hall–Kier alpha value is -1.21. The summed E-state index contributed by atoms with van der Waals surface area (Å²) >= 11 is 8.40. The molecule has 4 nitrogen and oxygen atoms in total. The first-order valence-corrected chi connectivity index (χ1v) is 7.17. The van der Waals surface area contributed by atoms with Gasteiger partial charge in [0.15, 0.2) is 16.6 Å². The monoisotopic (exact) mass is 384 g/mol. The molecule has 1 aromatic carbocycles. The summed E-state index contributed by atoms with van der Waals surface area (Å²) in [4.78, 5) is 4.26. The Morgan fingerprint density at radius 1 is 1.11 bits per heavy atom. The summed E-state index contributed by atoms with van der Waals surface area (Å²) in [6, 6.07) is 8.15. The zero-order chi connectivity index (χ0) is 13.6. The molecule has 6 heteroatoms. The van der Waals surface area contributed by atoms with Crippen LogP contribution in [0.2, 0.25) is 5.15 Å². The van der Waals surface area contributed by atoms with Crippen LogP contribution in [0.5, 0.6) is 0 Å². The molecule has 0 spiro atoms. The molecule has 0 aliphatic rings. The molecule has 0 saturated carbocycles. The zero-order valence-electron chi connectivity index (χ0n) is 10.4. The van der Waals surface area contributed by atoms with E-state index < -0.39 is 0 Å². The molecule has 0 aliphatic carbocycles. The van der Waals surface area contributed by atoms with E-state index in [-0.39, 0.29) is 0 Å². The molecule has 96 valence electrons. The van der Waals surface area contributed by atoms with E-state index >= 15 is 0 Å². The molecule has 0 atom stereocenters. The minimum Gasteiger partial charge on any atom is -0.275 e. The fourth-order valence-corrected chi connectivity index (χ4v) is 2.57. The summed E-state index contributed by atoms with van der Waals surface area (Å²) in [5, 5.41) is 8.76. The summed E-state index contributed by atoms with van der Waals surface area (Å²) < 4.78 is 3.13. The Bertz CT molecular complexity index is 764. The van der Waals surface area contributed by atoms with E-state index in [9.17, 15) is 0 Å². The van der Waals surface area contributed by atoms with Crippen molar-refractivity contribution >= 4 is 39.8 Å². The van der Waals surface area contributed by atoms with Crippen LogP contribution in [0.1, 0.15) is 11.4 Å². The van der Waals surface area contributed by atoms with Crippen molar-refractivity contribution in [3.8, 4) is 11.4 Å². The third-order valence-electron chi connectivity index (χ3n) is 3.07. The lowest BCUT2D eigenvalue weighted by atomic mass is 10.2. The molecule has 0 bridgehead atoms. The van der Waals surface area contributed by atoms with E-state index in [1.165, 1.54) is 3.57 Å². The van der Waals surface area contributed by atoms with Crippen molar-refractivity contribution in [3.05, 3.63) is 44.4 Å². The molecule has 2 aromatic heterocycles. The predicted molar refractivity (Wildman–Crippen MR) is 83.4 cm³/mol. The van der Waals surface area contributed by atoms with Crippen molar-refractivity contribution in [2.45, 2.75) is 13.8 Å². The highest BCUT2D eigenvalue weighted by atomic mass is 127. The van der Waals surface area contributed by atoms with Gasteiger partial charge in [0, 0.05) is 14.8 Å². The zero-order valence-corrected chi connectivity index (χ0v) is 13.3. The van der Waals surface area contributed by atoms with Gasteiger partial charge in [-0.1, -0.05) is 23.7 Å². The molecule has 0 radical (unpaired) electrons. The number of hydrogen-bond acceptors (Lipinski definition) is 3. The van der Waals surface area contributed by atoms with Crippen molar-refractivity contribution in [2.24, 2.45) is 0 Å². The van der Waals surface area contributed by atoms with Crippen LogP contribution in [0.25, 0.3) is 17.0 Å². The van der Waals surface area contributed by atoms with Gasteiger partial charge in [0.25, 0.3) is 0 Å². The highest BCUT2D eigenvalue weighted by Gasteiger charge is 2.15. The minimum absolute atomic E-state index is 0.382. The molecular formula is C13H10ClIN4. The van der Waals surface area contributed by atoms with Gasteiger partial charge in [-0.15, -0.1) is 10.2 Å². The van der Waals surface area contributed by atoms with Crippen molar-refractivity contribution < 1.29 is 0 Å². The van der Waals surface area contributed by atoms with Crippen LogP contribution in [0.4, 0.5) is 0 Å². The number of aromatic nitrogens is 4. The number of halogens is 2. The van der Waals surface area contributed by atoms with E-state index in [1.807, 2.05) is 42.5 Å². The quantitative estimate of drug-likeness (QED) is 0.601. The summed E-state index contributed by atoms with van der Waals surface area (Å²) in [7, 11) is 0. The Balaban J connectivity index is 2.34. The van der Waals surface area contributed by atoms with Gasteiger partial charge in [-0.05, 0) is 48.6 Å². The number of hydrogen-bond donors (Lipinski definition) is 0. The Morgan fingerprint density at radius 2 is 1.79 bits per heavy atom. The molecule has 0 unspecified atom stereocenters. The number of fused-ring (bicyclic) bond motifs is 1. The van der Waals surface area contributed by atoms with Crippen LogP contribution in [0.3, 0.4) is 0 Å². The van der Waals surface area contributed by atoms with Crippen LogP contribution in [0.15, 0.2) is 24.3 Å². The minimum atomic E-state index is 0.382. The Labute approximate surface area is 129 Å². The average Bonchev–Trinajstić information content (AvgIpc) is 2.82. The molecule has 0 aliphatic heterocycles. The van der Waals surface area contributed by atoms with Gasteiger partial charge in [-0.2, -0.15) is 0 Å². The summed E-state index contributed by atoms with van der Waals surface area (Å²) in [5.41, 5.74) is 3.48. The maximum Gasteiger partial charge on any atom is 0.199 e. The third-order valence-corrected chi connectivity index (χ3v) is 4.05. The summed E-state index contributed by atoms with van der Waals surface area (Å²) in [5.74, 6) is 0.788. The van der Waals surface area contributed by atoms with Crippen molar-refractivity contribution in [3.63, 3.8) is 0 Å². The molecule has 2 heterocycles. The lowest BCUT2D eigenvalue weighted by Gasteiger charge is -2.07. The van der Waals surface area contributed by atoms with E-state index in [0.29, 0.717) is 10.8 Å². The van der Waals surface area contributed by atoms with Gasteiger partial charge in [-0.25, -0.2) is 4.98 Å². The van der Waals surface area contributed by atoms with Gasteiger partial charge >= 0.3 is 0 Å². The van der Waals surface area contributed by atoms with Crippen molar-refractivity contribution in [1.29, 1.82) is 0 Å². The van der Waals surface area contributed by atoms with Gasteiger partial charge < -0.3 is 0 Å². The number of nitrogens with zero attached hydrogens (tertiary/aromatic N) is 4. The summed E-state index contributed by atoms with van der Waals surface area (Å²) in [6.07, 6.45) is 0. The van der Waals surface area contributed by atoms with Crippen LogP contribution in [0, 0.1) is 17.4 Å². The Kier molecular flexibility index (Phi) is 3.18. The van der Waals surface area contributed by atoms with Crippen LogP contribution >= 0.6 is 34.2 Å². The normalized spacial score (nSPS) is 11.2. The SMILES string of the molecule is Cc1nc(Cl)c2nnc(-c3ccc(I)cc3)n2c1C. The molecule has 0 saturated heterocycles. The van der Waals surface area contributed by atoms with Gasteiger partial charge in [0.05, 0.1) is 5.69 Å². The van der Waals surface area contributed by atoms with Crippen molar-refractivity contribution in [2.75, 3.05) is 0 Å². The molecule has 3 rings (SSSR count). The van der Waals surface area contributed by atoms with E-state index in [1.54, 1.807) is 0 Å². The first-order chi connectivity index (χ1) is 9.08. The lowest BCUT2D eigenvalue weighted by Crippen LogP contribution is -2.00. The van der Waals surface area contributed by atoms with Gasteiger partial charge in [-0.3, -0.25) is 4.40 Å². The van der Waals surface area contributed by atoms with Crippen LogP contribution in [-0.2, 0) is 0 Å². The largest absolute Gasteiger partial charge is 0.275 e. The molecule has 0 fully saturated rings. The van der Waals surface area contributed by atoms with Crippen LogP contribution < -0.4 is 0 Å².